The number of hydrogen-bond donors (Lipinski definition) is 1. The van der Waals surface area contributed by atoms with Gasteiger partial charge in [0.1, 0.15) is 0 Å². The normalized spacial score (nSPS) is 16.9. The standard InChI is InChI=1S/C17H27N3O/c1-3-19-10-12-20(13-11-19)9-5-8-18-17(21)16-7-4-6-15(2)14-16/h4,6-7,14H,3,5,8-13H2,1-2H3,(H,18,21). The molecule has 1 amide bonds. The van der Waals surface area contributed by atoms with E-state index in [9.17, 15) is 4.79 Å². The van der Waals surface area contributed by atoms with E-state index in [-0.39, 0.29) is 5.91 Å². The van der Waals surface area contributed by atoms with Gasteiger partial charge in [-0.05, 0) is 38.6 Å². The average molecular weight is 289 g/mol. The van der Waals surface area contributed by atoms with Gasteiger partial charge in [0.25, 0.3) is 5.91 Å². The van der Waals surface area contributed by atoms with Crippen LogP contribution in [0.25, 0.3) is 0 Å². The molecule has 1 heterocycles. The van der Waals surface area contributed by atoms with Crippen molar-refractivity contribution in [2.75, 3.05) is 45.8 Å². The lowest BCUT2D eigenvalue weighted by Gasteiger charge is -2.33. The second-order valence-electron chi connectivity index (χ2n) is 5.75. The molecule has 0 spiro atoms. The zero-order chi connectivity index (χ0) is 15.1. The number of likely N-dealkylation sites (N-methyl/N-ethyl adjacent to an activating group) is 1. The lowest BCUT2D eigenvalue weighted by Crippen LogP contribution is -2.46. The summed E-state index contributed by atoms with van der Waals surface area (Å²) < 4.78 is 0. The van der Waals surface area contributed by atoms with Crippen molar-refractivity contribution in [3.8, 4) is 0 Å². The first-order chi connectivity index (χ1) is 10.2. The van der Waals surface area contributed by atoms with Gasteiger partial charge in [-0.25, -0.2) is 0 Å². The highest BCUT2D eigenvalue weighted by Gasteiger charge is 2.14. The molecule has 1 fully saturated rings. The second-order valence-corrected chi connectivity index (χ2v) is 5.75. The van der Waals surface area contributed by atoms with Crippen molar-refractivity contribution in [3.05, 3.63) is 35.4 Å². The molecule has 2 rings (SSSR count). The summed E-state index contributed by atoms with van der Waals surface area (Å²) in [6, 6.07) is 7.73. The lowest BCUT2D eigenvalue weighted by molar-refractivity contribution is 0.0948. The van der Waals surface area contributed by atoms with E-state index in [1.54, 1.807) is 0 Å². The van der Waals surface area contributed by atoms with Gasteiger partial charge in [-0.2, -0.15) is 0 Å². The Morgan fingerprint density at radius 2 is 1.90 bits per heavy atom. The third kappa shape index (κ3) is 5.14. The summed E-state index contributed by atoms with van der Waals surface area (Å²) in [6.07, 6.45) is 1.02. The molecule has 0 aromatic heterocycles. The van der Waals surface area contributed by atoms with Gasteiger partial charge in [-0.3, -0.25) is 4.79 Å². The highest BCUT2D eigenvalue weighted by molar-refractivity contribution is 5.94. The van der Waals surface area contributed by atoms with Crippen molar-refractivity contribution in [2.24, 2.45) is 0 Å². The SMILES string of the molecule is CCN1CCN(CCCNC(=O)c2cccc(C)c2)CC1. The Bertz CT molecular complexity index is 453. The minimum atomic E-state index is 0.0366. The van der Waals surface area contributed by atoms with Crippen LogP contribution in [0.2, 0.25) is 0 Å². The van der Waals surface area contributed by atoms with Gasteiger partial charge < -0.3 is 15.1 Å². The molecule has 0 radical (unpaired) electrons. The van der Waals surface area contributed by atoms with Crippen molar-refractivity contribution in [1.82, 2.24) is 15.1 Å². The highest BCUT2D eigenvalue weighted by Crippen LogP contribution is 2.04. The van der Waals surface area contributed by atoms with Crippen molar-refractivity contribution in [2.45, 2.75) is 20.3 Å². The molecule has 1 N–H and O–H groups in total. The van der Waals surface area contributed by atoms with Gasteiger partial charge in [-0.1, -0.05) is 24.6 Å². The summed E-state index contributed by atoms with van der Waals surface area (Å²) in [5, 5.41) is 3.01. The molecule has 4 nitrogen and oxygen atoms in total. The van der Waals surface area contributed by atoms with E-state index in [1.807, 2.05) is 31.2 Å². The molecule has 0 saturated carbocycles. The topological polar surface area (TPSA) is 35.6 Å². The predicted molar refractivity (Wildman–Crippen MR) is 86.7 cm³/mol. The number of carbonyl (C=O) groups is 1. The Kier molecular flexibility index (Phi) is 6.21. The van der Waals surface area contributed by atoms with Gasteiger partial charge in [0.15, 0.2) is 0 Å². The van der Waals surface area contributed by atoms with Crippen LogP contribution in [-0.2, 0) is 0 Å². The Balaban J connectivity index is 1.63. The van der Waals surface area contributed by atoms with E-state index in [4.69, 9.17) is 0 Å². The number of rotatable bonds is 6. The number of hydrogen-bond acceptors (Lipinski definition) is 3. The number of nitrogens with one attached hydrogen (secondary N) is 1. The van der Waals surface area contributed by atoms with E-state index < -0.39 is 0 Å². The van der Waals surface area contributed by atoms with E-state index in [0.29, 0.717) is 0 Å². The summed E-state index contributed by atoms with van der Waals surface area (Å²) in [7, 11) is 0. The Morgan fingerprint density at radius 1 is 1.19 bits per heavy atom. The second kappa shape index (κ2) is 8.15. The van der Waals surface area contributed by atoms with E-state index in [0.717, 1.165) is 50.3 Å². The number of carbonyl (C=O) groups excluding carboxylic acids is 1. The fourth-order valence-corrected chi connectivity index (χ4v) is 2.72. The van der Waals surface area contributed by atoms with Gasteiger partial charge in [-0.15, -0.1) is 0 Å². The van der Waals surface area contributed by atoms with Crippen molar-refractivity contribution in [1.29, 1.82) is 0 Å². The number of nitrogens with zero attached hydrogens (tertiary/aromatic N) is 2. The molecule has 0 unspecified atom stereocenters. The monoisotopic (exact) mass is 289 g/mol. The van der Waals surface area contributed by atoms with Crippen LogP contribution < -0.4 is 5.32 Å². The molecule has 0 aliphatic carbocycles. The zero-order valence-corrected chi connectivity index (χ0v) is 13.3. The van der Waals surface area contributed by atoms with Gasteiger partial charge >= 0.3 is 0 Å². The first kappa shape index (κ1) is 16.0. The summed E-state index contributed by atoms with van der Waals surface area (Å²) in [5.41, 5.74) is 1.88. The molecule has 116 valence electrons. The molecular formula is C17H27N3O. The third-order valence-electron chi connectivity index (χ3n) is 4.13. The quantitative estimate of drug-likeness (QED) is 0.811. The number of piperazine rings is 1. The van der Waals surface area contributed by atoms with E-state index in [2.05, 4.69) is 22.0 Å². The molecule has 4 heteroatoms. The van der Waals surface area contributed by atoms with E-state index in [1.165, 1.54) is 13.1 Å². The third-order valence-corrected chi connectivity index (χ3v) is 4.13. The molecule has 21 heavy (non-hydrogen) atoms. The fourth-order valence-electron chi connectivity index (χ4n) is 2.72. The van der Waals surface area contributed by atoms with Crippen LogP contribution in [0.3, 0.4) is 0 Å². The summed E-state index contributed by atoms with van der Waals surface area (Å²) in [6.45, 7) is 11.9. The maximum atomic E-state index is 12.0. The molecule has 0 atom stereocenters. The molecule has 1 aliphatic rings. The summed E-state index contributed by atoms with van der Waals surface area (Å²) in [5.74, 6) is 0.0366. The molecule has 1 saturated heterocycles. The number of aryl methyl sites for hydroxylation is 1. The van der Waals surface area contributed by atoms with Crippen molar-refractivity contribution < 1.29 is 4.79 Å². The van der Waals surface area contributed by atoms with Crippen LogP contribution in [-0.4, -0.2) is 61.5 Å². The minimum Gasteiger partial charge on any atom is -0.352 e. The van der Waals surface area contributed by atoms with Crippen LogP contribution in [0, 0.1) is 6.92 Å². The summed E-state index contributed by atoms with van der Waals surface area (Å²) >= 11 is 0. The Hall–Kier alpha value is -1.39. The molecule has 1 aromatic carbocycles. The maximum absolute atomic E-state index is 12.0. The predicted octanol–water partition coefficient (Wildman–Crippen LogP) is 1.75. The number of amides is 1. The molecule has 1 aliphatic heterocycles. The largest absolute Gasteiger partial charge is 0.352 e. The van der Waals surface area contributed by atoms with Crippen LogP contribution in [0.5, 0.6) is 0 Å². The fraction of sp³-hybridized carbons (Fsp3) is 0.588. The van der Waals surface area contributed by atoms with Crippen molar-refractivity contribution in [3.63, 3.8) is 0 Å². The van der Waals surface area contributed by atoms with Crippen LogP contribution in [0.4, 0.5) is 0 Å². The highest BCUT2D eigenvalue weighted by atomic mass is 16.1. The Labute approximate surface area is 128 Å². The van der Waals surface area contributed by atoms with Gasteiger partial charge in [0.2, 0.25) is 0 Å². The van der Waals surface area contributed by atoms with Crippen molar-refractivity contribution >= 4 is 5.91 Å². The zero-order valence-electron chi connectivity index (χ0n) is 13.3. The number of benzene rings is 1. The molecule has 0 bridgehead atoms. The molecule has 1 aromatic rings. The van der Waals surface area contributed by atoms with E-state index >= 15 is 0 Å². The van der Waals surface area contributed by atoms with Gasteiger partial charge in [0.05, 0.1) is 0 Å². The van der Waals surface area contributed by atoms with Gasteiger partial charge in [0, 0.05) is 38.3 Å². The molecular weight excluding hydrogens is 262 g/mol. The lowest BCUT2D eigenvalue weighted by atomic mass is 10.1. The summed E-state index contributed by atoms with van der Waals surface area (Å²) in [4.78, 5) is 17.0. The first-order valence-corrected chi connectivity index (χ1v) is 7.98. The van der Waals surface area contributed by atoms with Crippen LogP contribution in [0.15, 0.2) is 24.3 Å². The Morgan fingerprint density at radius 3 is 2.57 bits per heavy atom. The van der Waals surface area contributed by atoms with Crippen LogP contribution >= 0.6 is 0 Å². The minimum absolute atomic E-state index is 0.0366. The maximum Gasteiger partial charge on any atom is 0.251 e. The first-order valence-electron chi connectivity index (χ1n) is 7.98. The smallest absolute Gasteiger partial charge is 0.251 e. The average Bonchev–Trinajstić information content (AvgIpc) is 2.52. The van der Waals surface area contributed by atoms with Crippen LogP contribution in [0.1, 0.15) is 29.3 Å².